The van der Waals surface area contributed by atoms with Gasteiger partial charge in [0.25, 0.3) is 10.0 Å². The van der Waals surface area contributed by atoms with E-state index in [1.807, 2.05) is 0 Å². The third kappa shape index (κ3) is 3.37. The zero-order valence-electron chi connectivity index (χ0n) is 10.3. The number of anilines is 1. The molecule has 0 aromatic heterocycles. The van der Waals surface area contributed by atoms with Gasteiger partial charge in [0.2, 0.25) is 0 Å². The summed E-state index contributed by atoms with van der Waals surface area (Å²) in [6.45, 7) is 0. The molecule has 21 heavy (non-hydrogen) atoms. The molecule has 108 valence electrons. The molecule has 0 amide bonds. The van der Waals surface area contributed by atoms with Crippen LogP contribution in [0.4, 0.5) is 14.5 Å². The van der Waals surface area contributed by atoms with Gasteiger partial charge >= 0.3 is 0 Å². The summed E-state index contributed by atoms with van der Waals surface area (Å²) in [5, 5.41) is 8.72. The molecule has 1 N–H and O–H groups in total. The Morgan fingerprint density at radius 1 is 1.14 bits per heavy atom. The Morgan fingerprint density at radius 3 is 2.48 bits per heavy atom. The van der Waals surface area contributed by atoms with Crippen molar-refractivity contribution in [3.05, 3.63) is 58.1 Å². The highest BCUT2D eigenvalue weighted by Gasteiger charge is 2.18. The first kappa shape index (κ1) is 15.4. The van der Waals surface area contributed by atoms with E-state index >= 15 is 0 Å². The van der Waals surface area contributed by atoms with Gasteiger partial charge in [-0.25, -0.2) is 17.2 Å². The fraction of sp³-hybridized carbons (Fsp3) is 0. The van der Waals surface area contributed by atoms with E-state index in [2.05, 4.69) is 20.7 Å². The number of nitrogens with zero attached hydrogens (tertiary/aromatic N) is 1. The lowest BCUT2D eigenvalue weighted by molar-refractivity contribution is 0.598. The summed E-state index contributed by atoms with van der Waals surface area (Å²) in [4.78, 5) is -0.174. The van der Waals surface area contributed by atoms with Gasteiger partial charge in [0.1, 0.15) is 22.6 Å². The van der Waals surface area contributed by atoms with Gasteiger partial charge in [-0.15, -0.1) is 0 Å². The minimum absolute atomic E-state index is 0.0316. The monoisotopic (exact) mass is 372 g/mol. The largest absolute Gasteiger partial charge is 0.280 e. The number of hydrogen-bond acceptors (Lipinski definition) is 3. The van der Waals surface area contributed by atoms with Crippen molar-refractivity contribution in [2.24, 2.45) is 0 Å². The van der Waals surface area contributed by atoms with E-state index in [9.17, 15) is 17.2 Å². The van der Waals surface area contributed by atoms with Crippen molar-refractivity contribution in [2.75, 3.05) is 4.72 Å². The lowest BCUT2D eigenvalue weighted by Gasteiger charge is -2.10. The smallest absolute Gasteiger partial charge is 0.263 e. The van der Waals surface area contributed by atoms with Crippen LogP contribution >= 0.6 is 15.9 Å². The first-order valence-electron chi connectivity index (χ1n) is 5.51. The molecule has 0 spiro atoms. The second-order valence-electron chi connectivity index (χ2n) is 3.99. The molecule has 8 heteroatoms. The van der Waals surface area contributed by atoms with Crippen LogP contribution in [-0.2, 0) is 10.0 Å². The molecule has 4 nitrogen and oxygen atoms in total. The van der Waals surface area contributed by atoms with Gasteiger partial charge in [-0.2, -0.15) is 5.26 Å². The first-order chi connectivity index (χ1) is 9.83. The van der Waals surface area contributed by atoms with Crippen LogP contribution in [0.15, 0.2) is 45.8 Å². The predicted octanol–water partition coefficient (Wildman–Crippen LogP) is 3.40. The third-order valence-corrected chi connectivity index (χ3v) is 4.88. The lowest BCUT2D eigenvalue weighted by atomic mass is 10.2. The standard InChI is InChI=1S/C13H7BrF2N2O2S/c14-11-6-9(15)1-4-13(11)21(19,20)18-10-2-3-12(16)8(5-10)7-17/h1-6,18H. The molecule has 0 radical (unpaired) electrons. The third-order valence-electron chi connectivity index (χ3n) is 2.52. The van der Waals surface area contributed by atoms with Crippen molar-refractivity contribution in [3.8, 4) is 6.07 Å². The summed E-state index contributed by atoms with van der Waals surface area (Å²) in [6, 6.07) is 7.97. The molecule has 2 aromatic carbocycles. The zero-order valence-corrected chi connectivity index (χ0v) is 12.7. The summed E-state index contributed by atoms with van der Waals surface area (Å²) in [5.74, 6) is -1.34. The minimum atomic E-state index is -3.99. The summed E-state index contributed by atoms with van der Waals surface area (Å²) >= 11 is 2.96. The molecule has 0 aliphatic rings. The number of rotatable bonds is 3. The van der Waals surface area contributed by atoms with Crippen LogP contribution in [0, 0.1) is 23.0 Å². The number of benzene rings is 2. The Balaban J connectivity index is 2.40. The first-order valence-corrected chi connectivity index (χ1v) is 7.78. The van der Waals surface area contributed by atoms with E-state index in [1.165, 1.54) is 6.07 Å². The molecular formula is C13H7BrF2N2O2S. The molecule has 0 saturated carbocycles. The van der Waals surface area contributed by atoms with Gasteiger partial charge in [-0.1, -0.05) is 0 Å². The van der Waals surface area contributed by atoms with Crippen LogP contribution in [0.25, 0.3) is 0 Å². The van der Waals surface area contributed by atoms with Crippen LogP contribution in [0.3, 0.4) is 0 Å². The Labute approximate surface area is 128 Å². The average molecular weight is 373 g/mol. The van der Waals surface area contributed by atoms with Gasteiger partial charge in [0, 0.05) is 4.47 Å². The zero-order chi connectivity index (χ0) is 15.6. The highest BCUT2D eigenvalue weighted by Crippen LogP contribution is 2.25. The normalized spacial score (nSPS) is 11.0. The molecule has 0 saturated heterocycles. The van der Waals surface area contributed by atoms with Crippen LogP contribution in [0.2, 0.25) is 0 Å². The molecule has 2 aromatic rings. The Hall–Kier alpha value is -1.98. The van der Waals surface area contributed by atoms with Crippen molar-refractivity contribution in [3.63, 3.8) is 0 Å². The quantitative estimate of drug-likeness (QED) is 0.897. The number of sulfonamides is 1. The number of nitrogens with one attached hydrogen (secondary N) is 1. The molecule has 2 rings (SSSR count). The summed E-state index contributed by atoms with van der Waals surface area (Å²) in [6.07, 6.45) is 0. The summed E-state index contributed by atoms with van der Waals surface area (Å²) in [5.41, 5.74) is -0.252. The van der Waals surface area contributed by atoms with E-state index in [4.69, 9.17) is 5.26 Å². The highest BCUT2D eigenvalue weighted by atomic mass is 79.9. The maximum absolute atomic E-state index is 13.2. The topological polar surface area (TPSA) is 70.0 Å². The fourth-order valence-electron chi connectivity index (χ4n) is 1.58. The molecule has 0 fully saturated rings. The molecule has 0 bridgehead atoms. The van der Waals surface area contributed by atoms with E-state index in [-0.39, 0.29) is 20.6 Å². The summed E-state index contributed by atoms with van der Waals surface area (Å²) in [7, 11) is -3.99. The van der Waals surface area contributed by atoms with Gasteiger partial charge in [0.15, 0.2) is 0 Å². The second-order valence-corrected chi connectivity index (χ2v) is 6.49. The van der Waals surface area contributed by atoms with Gasteiger partial charge in [-0.3, -0.25) is 4.72 Å². The minimum Gasteiger partial charge on any atom is -0.280 e. The Bertz CT molecular complexity index is 848. The molecule has 0 atom stereocenters. The highest BCUT2D eigenvalue weighted by molar-refractivity contribution is 9.10. The van der Waals surface area contributed by atoms with E-state index in [1.54, 1.807) is 6.07 Å². The molecular weight excluding hydrogens is 366 g/mol. The van der Waals surface area contributed by atoms with Crippen LogP contribution < -0.4 is 4.72 Å². The maximum atomic E-state index is 13.2. The molecule has 0 heterocycles. The fourth-order valence-corrected chi connectivity index (χ4v) is 3.68. The summed E-state index contributed by atoms with van der Waals surface area (Å²) < 4.78 is 52.8. The van der Waals surface area contributed by atoms with Crippen molar-refractivity contribution in [1.29, 1.82) is 5.26 Å². The van der Waals surface area contributed by atoms with E-state index < -0.39 is 21.7 Å². The van der Waals surface area contributed by atoms with Gasteiger partial charge in [0.05, 0.1) is 11.3 Å². The van der Waals surface area contributed by atoms with Crippen molar-refractivity contribution < 1.29 is 17.2 Å². The van der Waals surface area contributed by atoms with E-state index in [0.29, 0.717) is 0 Å². The van der Waals surface area contributed by atoms with Crippen molar-refractivity contribution in [1.82, 2.24) is 0 Å². The Morgan fingerprint density at radius 2 is 1.86 bits per heavy atom. The van der Waals surface area contributed by atoms with Crippen molar-refractivity contribution in [2.45, 2.75) is 4.90 Å². The number of halogens is 3. The number of nitriles is 1. The Kier molecular flexibility index (Phi) is 4.25. The van der Waals surface area contributed by atoms with Gasteiger partial charge in [-0.05, 0) is 52.3 Å². The average Bonchev–Trinajstić information content (AvgIpc) is 2.40. The SMILES string of the molecule is N#Cc1cc(NS(=O)(=O)c2ccc(F)cc2Br)ccc1F. The second kappa shape index (κ2) is 5.79. The number of hydrogen-bond donors (Lipinski definition) is 1. The predicted molar refractivity (Wildman–Crippen MR) is 76.0 cm³/mol. The van der Waals surface area contributed by atoms with Crippen LogP contribution in [0.1, 0.15) is 5.56 Å². The van der Waals surface area contributed by atoms with Crippen molar-refractivity contribution >= 4 is 31.6 Å². The van der Waals surface area contributed by atoms with Crippen LogP contribution in [-0.4, -0.2) is 8.42 Å². The maximum Gasteiger partial charge on any atom is 0.263 e. The van der Waals surface area contributed by atoms with Gasteiger partial charge < -0.3 is 0 Å². The molecule has 0 aliphatic heterocycles. The van der Waals surface area contributed by atoms with Crippen LogP contribution in [0.5, 0.6) is 0 Å². The molecule has 0 unspecified atom stereocenters. The lowest BCUT2D eigenvalue weighted by Crippen LogP contribution is -2.14. The van der Waals surface area contributed by atoms with E-state index in [0.717, 1.165) is 30.3 Å². The molecule has 0 aliphatic carbocycles.